The normalized spacial score (nSPS) is 16.8. The molecule has 2 aromatic carbocycles. The Morgan fingerprint density at radius 2 is 1.84 bits per heavy atom. The first-order valence-electron chi connectivity index (χ1n) is 10.9. The Bertz CT molecular complexity index is 1260. The lowest BCUT2D eigenvalue weighted by Crippen LogP contribution is -2.52. The molecular weight excluding hydrogens is 396 g/mol. The molecule has 0 saturated carbocycles. The molecule has 1 saturated heterocycles. The van der Waals surface area contributed by atoms with Gasteiger partial charge < -0.3 is 4.90 Å². The van der Waals surface area contributed by atoms with Crippen LogP contribution in [0.3, 0.4) is 0 Å². The van der Waals surface area contributed by atoms with Crippen LogP contribution in [0, 0.1) is 11.3 Å². The molecule has 2 aromatic heterocycles. The van der Waals surface area contributed by atoms with Crippen LogP contribution in [-0.2, 0) is 6.54 Å². The lowest BCUT2D eigenvalue weighted by molar-refractivity contribution is 0.220. The van der Waals surface area contributed by atoms with E-state index in [0.29, 0.717) is 17.4 Å². The third-order valence-electron chi connectivity index (χ3n) is 5.98. The van der Waals surface area contributed by atoms with Crippen LogP contribution in [-0.4, -0.2) is 45.5 Å². The summed E-state index contributed by atoms with van der Waals surface area (Å²) in [7, 11) is 0. The largest absolute Gasteiger partial charge is 0.351 e. The quantitative estimate of drug-likeness (QED) is 0.491. The molecule has 0 unspecified atom stereocenters. The van der Waals surface area contributed by atoms with Gasteiger partial charge in [0.25, 0.3) is 0 Å². The number of aromatic nitrogens is 3. The number of fused-ring (bicyclic) bond motifs is 1. The highest BCUT2D eigenvalue weighted by molar-refractivity contribution is 5.91. The molecule has 6 nitrogen and oxygen atoms in total. The number of nitrogens with zero attached hydrogens (tertiary/aromatic N) is 6. The van der Waals surface area contributed by atoms with E-state index >= 15 is 0 Å². The average Bonchev–Trinajstić information content (AvgIpc) is 2.85. The first kappa shape index (κ1) is 20.1. The molecule has 0 aliphatic carbocycles. The monoisotopic (exact) mass is 420 g/mol. The van der Waals surface area contributed by atoms with Gasteiger partial charge in [-0.15, -0.1) is 0 Å². The Kier molecular flexibility index (Phi) is 5.49. The predicted molar refractivity (Wildman–Crippen MR) is 126 cm³/mol. The predicted octanol–water partition coefficient (Wildman–Crippen LogP) is 4.27. The molecule has 3 heterocycles. The van der Waals surface area contributed by atoms with Crippen molar-refractivity contribution in [2.45, 2.75) is 19.5 Å². The molecular formula is C26H24N6. The van der Waals surface area contributed by atoms with E-state index in [-0.39, 0.29) is 0 Å². The van der Waals surface area contributed by atoms with Gasteiger partial charge in [0.15, 0.2) is 5.82 Å². The SMILES string of the molecule is C[C@H]1CN(Cc2ccc(C#N)cc2)CCN1c1nc(-c2cccnc2)nc2ccccc12. The van der Waals surface area contributed by atoms with E-state index in [9.17, 15) is 0 Å². The van der Waals surface area contributed by atoms with Gasteiger partial charge in [0.05, 0.1) is 17.1 Å². The number of para-hydroxylation sites is 1. The van der Waals surface area contributed by atoms with E-state index in [1.807, 2.05) is 60.8 Å². The van der Waals surface area contributed by atoms with Crippen molar-refractivity contribution in [2.75, 3.05) is 24.5 Å². The second kappa shape index (κ2) is 8.74. The highest BCUT2D eigenvalue weighted by Crippen LogP contribution is 2.30. The zero-order chi connectivity index (χ0) is 21.9. The third-order valence-corrected chi connectivity index (χ3v) is 5.98. The van der Waals surface area contributed by atoms with Crippen LogP contribution in [0.25, 0.3) is 22.3 Å². The smallest absolute Gasteiger partial charge is 0.163 e. The van der Waals surface area contributed by atoms with Crippen molar-refractivity contribution in [3.05, 3.63) is 84.2 Å². The minimum Gasteiger partial charge on any atom is -0.351 e. The fourth-order valence-electron chi connectivity index (χ4n) is 4.34. The number of hydrogen-bond donors (Lipinski definition) is 0. The molecule has 0 N–H and O–H groups in total. The topological polar surface area (TPSA) is 68.9 Å². The molecule has 0 bridgehead atoms. The zero-order valence-corrected chi connectivity index (χ0v) is 18.0. The number of benzene rings is 2. The highest BCUT2D eigenvalue weighted by atomic mass is 15.3. The standard InChI is InChI=1S/C26H24N6/c1-19-17-31(18-21-10-8-20(15-27)9-11-21)13-14-32(19)26-23-6-2-3-7-24(23)29-25(30-26)22-5-4-12-28-16-22/h2-12,16,19H,13-14,17-18H2,1H3/t19-/m0/s1. The molecule has 0 radical (unpaired) electrons. The van der Waals surface area contributed by atoms with Gasteiger partial charge in [0, 0.05) is 55.6 Å². The van der Waals surface area contributed by atoms with E-state index in [4.69, 9.17) is 15.2 Å². The molecule has 0 spiro atoms. The fraction of sp³-hybridized carbons (Fsp3) is 0.231. The minimum atomic E-state index is 0.308. The van der Waals surface area contributed by atoms with Gasteiger partial charge in [-0.25, -0.2) is 9.97 Å². The Balaban J connectivity index is 1.41. The number of piperazine rings is 1. The summed E-state index contributed by atoms with van der Waals surface area (Å²) in [4.78, 5) is 18.9. The van der Waals surface area contributed by atoms with Crippen molar-refractivity contribution in [1.82, 2.24) is 19.9 Å². The molecule has 0 amide bonds. The van der Waals surface area contributed by atoms with Gasteiger partial charge in [0.2, 0.25) is 0 Å². The lowest BCUT2D eigenvalue weighted by atomic mass is 10.1. The summed E-state index contributed by atoms with van der Waals surface area (Å²) in [5.74, 6) is 1.69. The number of anilines is 1. The van der Waals surface area contributed by atoms with Crippen molar-refractivity contribution in [1.29, 1.82) is 5.26 Å². The van der Waals surface area contributed by atoms with Crippen LogP contribution in [0.1, 0.15) is 18.1 Å². The van der Waals surface area contributed by atoms with Gasteiger partial charge in [-0.3, -0.25) is 9.88 Å². The highest BCUT2D eigenvalue weighted by Gasteiger charge is 2.27. The number of nitriles is 1. The van der Waals surface area contributed by atoms with Crippen molar-refractivity contribution in [3.63, 3.8) is 0 Å². The van der Waals surface area contributed by atoms with Crippen LogP contribution in [0.4, 0.5) is 5.82 Å². The fourth-order valence-corrected chi connectivity index (χ4v) is 4.34. The number of rotatable bonds is 4. The first-order chi connectivity index (χ1) is 15.7. The molecule has 6 heteroatoms. The summed E-state index contributed by atoms with van der Waals surface area (Å²) < 4.78 is 0. The van der Waals surface area contributed by atoms with Gasteiger partial charge in [-0.05, 0) is 48.9 Å². The Morgan fingerprint density at radius 1 is 1.00 bits per heavy atom. The maximum atomic E-state index is 9.01. The van der Waals surface area contributed by atoms with Crippen molar-refractivity contribution in [2.24, 2.45) is 0 Å². The zero-order valence-electron chi connectivity index (χ0n) is 18.0. The maximum absolute atomic E-state index is 9.01. The molecule has 158 valence electrons. The van der Waals surface area contributed by atoms with E-state index in [2.05, 4.69) is 33.8 Å². The van der Waals surface area contributed by atoms with E-state index in [1.165, 1.54) is 5.56 Å². The molecule has 1 aliphatic heterocycles. The van der Waals surface area contributed by atoms with Crippen LogP contribution in [0.15, 0.2) is 73.1 Å². The molecule has 1 atom stereocenters. The van der Waals surface area contributed by atoms with E-state index in [1.54, 1.807) is 6.20 Å². The molecule has 4 aromatic rings. The average molecular weight is 421 g/mol. The van der Waals surface area contributed by atoms with Crippen LogP contribution in [0.5, 0.6) is 0 Å². The Hall–Kier alpha value is -3.82. The Labute approximate surface area is 187 Å². The summed E-state index contributed by atoms with van der Waals surface area (Å²) in [6, 6.07) is 22.5. The van der Waals surface area contributed by atoms with Crippen LogP contribution >= 0.6 is 0 Å². The third kappa shape index (κ3) is 4.03. The summed E-state index contributed by atoms with van der Waals surface area (Å²) in [5.41, 5.74) is 3.80. The summed E-state index contributed by atoms with van der Waals surface area (Å²) in [6.45, 7) is 5.93. The van der Waals surface area contributed by atoms with Crippen molar-refractivity contribution >= 4 is 16.7 Å². The summed E-state index contributed by atoms with van der Waals surface area (Å²) >= 11 is 0. The van der Waals surface area contributed by atoms with Gasteiger partial charge >= 0.3 is 0 Å². The maximum Gasteiger partial charge on any atom is 0.163 e. The van der Waals surface area contributed by atoms with Gasteiger partial charge in [-0.1, -0.05) is 24.3 Å². The number of pyridine rings is 1. The molecule has 1 fully saturated rings. The summed E-state index contributed by atoms with van der Waals surface area (Å²) in [5, 5.41) is 10.1. The van der Waals surface area contributed by atoms with Crippen molar-refractivity contribution in [3.8, 4) is 17.5 Å². The summed E-state index contributed by atoms with van der Waals surface area (Å²) in [6.07, 6.45) is 3.58. The van der Waals surface area contributed by atoms with Crippen LogP contribution in [0.2, 0.25) is 0 Å². The van der Waals surface area contributed by atoms with Crippen molar-refractivity contribution < 1.29 is 0 Å². The number of hydrogen-bond acceptors (Lipinski definition) is 6. The molecule has 32 heavy (non-hydrogen) atoms. The second-order valence-electron chi connectivity index (χ2n) is 8.22. The molecule has 5 rings (SSSR count). The molecule has 1 aliphatic rings. The van der Waals surface area contributed by atoms with E-state index in [0.717, 1.165) is 48.5 Å². The lowest BCUT2D eigenvalue weighted by Gasteiger charge is -2.41. The van der Waals surface area contributed by atoms with E-state index < -0.39 is 0 Å². The van der Waals surface area contributed by atoms with Gasteiger partial charge in [-0.2, -0.15) is 5.26 Å². The first-order valence-corrected chi connectivity index (χ1v) is 10.9. The van der Waals surface area contributed by atoms with Crippen LogP contribution < -0.4 is 4.90 Å². The van der Waals surface area contributed by atoms with Gasteiger partial charge in [0.1, 0.15) is 5.82 Å². The second-order valence-corrected chi connectivity index (χ2v) is 8.22. The minimum absolute atomic E-state index is 0.308. The Morgan fingerprint density at radius 3 is 2.59 bits per heavy atom.